The first-order valence-corrected chi connectivity index (χ1v) is 8.87. The van der Waals surface area contributed by atoms with Gasteiger partial charge in [-0.2, -0.15) is 0 Å². The number of anilines is 1. The molecule has 0 aliphatic rings. The molecule has 0 spiro atoms. The van der Waals surface area contributed by atoms with Crippen LogP contribution in [0.25, 0.3) is 0 Å². The minimum absolute atomic E-state index is 0.244. The van der Waals surface area contributed by atoms with Gasteiger partial charge in [0, 0.05) is 13.6 Å². The van der Waals surface area contributed by atoms with Crippen LogP contribution < -0.4 is 20.7 Å². The van der Waals surface area contributed by atoms with Crippen LogP contribution in [0.15, 0.2) is 35.3 Å². The molecule has 0 unspecified atom stereocenters. The van der Waals surface area contributed by atoms with E-state index in [-0.39, 0.29) is 6.54 Å². The van der Waals surface area contributed by atoms with Gasteiger partial charge >= 0.3 is 0 Å². The quantitative estimate of drug-likeness (QED) is 0.374. The van der Waals surface area contributed by atoms with Crippen molar-refractivity contribution in [2.24, 2.45) is 4.99 Å². The molecule has 3 N–H and O–H groups in total. The summed E-state index contributed by atoms with van der Waals surface area (Å²) >= 11 is 0. The first-order valence-electron chi connectivity index (χ1n) is 8.87. The van der Waals surface area contributed by atoms with Gasteiger partial charge in [-0.05, 0) is 37.1 Å². The van der Waals surface area contributed by atoms with Crippen LogP contribution in [0.4, 0.5) is 18.9 Å². The fourth-order valence-corrected chi connectivity index (χ4v) is 2.62. The lowest BCUT2D eigenvalue weighted by Gasteiger charge is -2.14. The van der Waals surface area contributed by atoms with Gasteiger partial charge in [0.1, 0.15) is 5.75 Å². The molecule has 0 heterocycles. The Hall–Kier alpha value is -3.23. The Bertz CT molecular complexity index is 904. The molecule has 2 aromatic carbocycles. The maximum atomic E-state index is 13.6. The number of rotatable bonds is 7. The van der Waals surface area contributed by atoms with Crippen molar-refractivity contribution in [2.75, 3.05) is 32.6 Å². The Balaban J connectivity index is 1.84. The zero-order valence-corrected chi connectivity index (χ0v) is 16.4. The number of carbonyl (C=O) groups is 1. The van der Waals surface area contributed by atoms with Gasteiger partial charge in [0.15, 0.2) is 23.4 Å². The Morgan fingerprint density at radius 3 is 2.55 bits per heavy atom. The van der Waals surface area contributed by atoms with Crippen LogP contribution in [0.5, 0.6) is 5.75 Å². The zero-order valence-electron chi connectivity index (χ0n) is 16.4. The topological polar surface area (TPSA) is 74.8 Å². The third-order valence-corrected chi connectivity index (χ3v) is 4.07. The molecule has 0 radical (unpaired) electrons. The molecule has 9 heteroatoms. The van der Waals surface area contributed by atoms with E-state index >= 15 is 0 Å². The molecule has 6 nitrogen and oxygen atoms in total. The summed E-state index contributed by atoms with van der Waals surface area (Å²) in [4.78, 5) is 15.9. The number of nitrogens with one attached hydrogen (secondary N) is 3. The van der Waals surface area contributed by atoms with Crippen LogP contribution in [0.2, 0.25) is 0 Å². The van der Waals surface area contributed by atoms with E-state index in [1.165, 1.54) is 7.05 Å². The Morgan fingerprint density at radius 2 is 1.86 bits per heavy atom. The summed E-state index contributed by atoms with van der Waals surface area (Å²) in [5.74, 6) is -3.91. The van der Waals surface area contributed by atoms with Crippen molar-refractivity contribution in [2.45, 2.75) is 13.3 Å². The van der Waals surface area contributed by atoms with Gasteiger partial charge in [0.25, 0.3) is 0 Å². The summed E-state index contributed by atoms with van der Waals surface area (Å²) in [5.41, 5.74) is 1.71. The van der Waals surface area contributed by atoms with Gasteiger partial charge in [-0.3, -0.25) is 9.79 Å². The molecule has 0 aromatic heterocycles. The lowest BCUT2D eigenvalue weighted by atomic mass is 10.1. The summed E-state index contributed by atoms with van der Waals surface area (Å²) in [6, 6.07) is 7.58. The molecule has 29 heavy (non-hydrogen) atoms. The highest BCUT2D eigenvalue weighted by molar-refractivity contribution is 5.95. The van der Waals surface area contributed by atoms with E-state index in [0.29, 0.717) is 18.9 Å². The lowest BCUT2D eigenvalue weighted by molar-refractivity contribution is -0.115. The molecular formula is C20H23F3N4O2. The van der Waals surface area contributed by atoms with Gasteiger partial charge in [-0.25, -0.2) is 13.2 Å². The number of guanidine groups is 1. The van der Waals surface area contributed by atoms with Gasteiger partial charge in [0.05, 0.1) is 19.3 Å². The van der Waals surface area contributed by atoms with Crippen LogP contribution in [-0.2, 0) is 11.2 Å². The van der Waals surface area contributed by atoms with Crippen molar-refractivity contribution in [3.05, 3.63) is 58.9 Å². The number of carbonyl (C=O) groups excluding carboxylic acids is 1. The number of hydrogen-bond donors (Lipinski definition) is 3. The third kappa shape index (κ3) is 6.13. The number of amides is 1. The van der Waals surface area contributed by atoms with Gasteiger partial charge in [0.2, 0.25) is 5.91 Å². The van der Waals surface area contributed by atoms with E-state index in [1.807, 2.05) is 25.1 Å². The number of hydrogen-bond acceptors (Lipinski definition) is 3. The number of benzene rings is 2. The fourth-order valence-electron chi connectivity index (χ4n) is 2.62. The molecule has 0 saturated carbocycles. The standard InChI is InChI=1S/C20H23F3N4O2/c1-12-4-7-16(29-3)13(10-12)8-9-25-20(24-2)26-11-17(28)27-15-6-5-14(21)18(22)19(15)23/h4-7,10H,8-9,11H2,1-3H3,(H,27,28)(H2,24,25,26). The number of nitrogens with zero attached hydrogens (tertiary/aromatic N) is 1. The second-order valence-corrected chi connectivity index (χ2v) is 6.19. The smallest absolute Gasteiger partial charge is 0.243 e. The second kappa shape index (κ2) is 10.4. The number of aliphatic imine (C=N–C) groups is 1. The maximum absolute atomic E-state index is 13.6. The predicted octanol–water partition coefficient (Wildman–Crippen LogP) is 2.77. The van der Waals surface area contributed by atoms with Crippen LogP contribution in [0, 0.1) is 24.4 Å². The predicted molar refractivity (Wildman–Crippen MR) is 106 cm³/mol. The van der Waals surface area contributed by atoms with E-state index in [1.54, 1.807) is 7.11 Å². The molecule has 1 amide bonds. The van der Waals surface area contributed by atoms with Gasteiger partial charge in [-0.15, -0.1) is 0 Å². The Morgan fingerprint density at radius 1 is 1.10 bits per heavy atom. The number of aryl methyl sites for hydroxylation is 1. The number of ether oxygens (including phenoxy) is 1. The third-order valence-electron chi connectivity index (χ3n) is 4.07. The van der Waals surface area contributed by atoms with Crippen molar-refractivity contribution in [3.63, 3.8) is 0 Å². The highest BCUT2D eigenvalue weighted by Crippen LogP contribution is 2.20. The summed E-state index contributed by atoms with van der Waals surface area (Å²) in [5, 5.41) is 8.00. The van der Waals surface area contributed by atoms with Crippen molar-refractivity contribution in [1.82, 2.24) is 10.6 Å². The monoisotopic (exact) mass is 408 g/mol. The Kier molecular flexibility index (Phi) is 7.88. The summed E-state index contributed by atoms with van der Waals surface area (Å²) in [7, 11) is 3.14. The highest BCUT2D eigenvalue weighted by atomic mass is 19.2. The zero-order chi connectivity index (χ0) is 21.4. The minimum atomic E-state index is -1.64. The molecule has 156 valence electrons. The van der Waals surface area contributed by atoms with Crippen LogP contribution in [-0.4, -0.2) is 39.1 Å². The number of methoxy groups -OCH3 is 1. The molecule has 0 aliphatic heterocycles. The van der Waals surface area contributed by atoms with E-state index < -0.39 is 29.0 Å². The fraction of sp³-hybridized carbons (Fsp3) is 0.300. The van der Waals surface area contributed by atoms with Crippen molar-refractivity contribution < 1.29 is 22.7 Å². The Labute approximate surface area is 167 Å². The van der Waals surface area contributed by atoms with Crippen LogP contribution in [0.3, 0.4) is 0 Å². The minimum Gasteiger partial charge on any atom is -0.496 e. The highest BCUT2D eigenvalue weighted by Gasteiger charge is 2.15. The molecular weight excluding hydrogens is 385 g/mol. The van der Waals surface area contributed by atoms with Gasteiger partial charge in [-0.1, -0.05) is 17.7 Å². The van der Waals surface area contributed by atoms with E-state index in [4.69, 9.17) is 4.74 Å². The average molecular weight is 408 g/mol. The summed E-state index contributed by atoms with van der Waals surface area (Å²) in [6.45, 7) is 2.27. The molecule has 0 aliphatic carbocycles. The van der Waals surface area contributed by atoms with E-state index in [9.17, 15) is 18.0 Å². The molecule has 0 fully saturated rings. The van der Waals surface area contributed by atoms with E-state index in [2.05, 4.69) is 20.9 Å². The lowest BCUT2D eigenvalue weighted by Crippen LogP contribution is -2.42. The molecule has 0 atom stereocenters. The summed E-state index contributed by atoms with van der Waals surface area (Å²) < 4.78 is 45.1. The maximum Gasteiger partial charge on any atom is 0.243 e. The number of halogens is 3. The van der Waals surface area contributed by atoms with Crippen LogP contribution >= 0.6 is 0 Å². The van der Waals surface area contributed by atoms with Gasteiger partial charge < -0.3 is 20.7 Å². The molecule has 0 bridgehead atoms. The second-order valence-electron chi connectivity index (χ2n) is 6.19. The van der Waals surface area contributed by atoms with Crippen molar-refractivity contribution >= 4 is 17.6 Å². The van der Waals surface area contributed by atoms with Crippen molar-refractivity contribution in [1.29, 1.82) is 0 Å². The summed E-state index contributed by atoms with van der Waals surface area (Å²) in [6.07, 6.45) is 0.665. The SMILES string of the molecule is CN=C(NCCc1cc(C)ccc1OC)NCC(=O)Nc1ccc(F)c(F)c1F. The van der Waals surface area contributed by atoms with Crippen molar-refractivity contribution in [3.8, 4) is 5.75 Å². The normalized spacial score (nSPS) is 11.2. The largest absolute Gasteiger partial charge is 0.496 e. The average Bonchev–Trinajstić information content (AvgIpc) is 2.71. The van der Waals surface area contributed by atoms with Crippen LogP contribution in [0.1, 0.15) is 11.1 Å². The molecule has 0 saturated heterocycles. The molecule has 2 rings (SSSR count). The first kappa shape index (κ1) is 22.1. The molecule has 2 aromatic rings. The first-order chi connectivity index (χ1) is 13.8. The van der Waals surface area contributed by atoms with E-state index in [0.717, 1.165) is 29.0 Å².